The molecule has 0 saturated carbocycles. The summed E-state index contributed by atoms with van der Waals surface area (Å²) in [5, 5.41) is 9.16. The Bertz CT molecular complexity index is 352. The number of likely N-dealkylation sites (tertiary alicyclic amines) is 1. The lowest BCUT2D eigenvalue weighted by atomic mass is 9.79. The molecular weight excluding hydrogens is 240 g/mol. The van der Waals surface area contributed by atoms with Crippen LogP contribution in [0.3, 0.4) is 0 Å². The van der Waals surface area contributed by atoms with Crippen LogP contribution in [0.4, 0.5) is 4.79 Å². The second-order valence-electron chi connectivity index (χ2n) is 6.99. The van der Waals surface area contributed by atoms with Gasteiger partial charge in [0.25, 0.3) is 0 Å². The van der Waals surface area contributed by atoms with Gasteiger partial charge in [-0.25, -0.2) is 4.79 Å². The molecule has 1 saturated heterocycles. The summed E-state index contributed by atoms with van der Waals surface area (Å²) >= 11 is 0. The summed E-state index contributed by atoms with van der Waals surface area (Å²) in [5.74, 6) is 0.718. The summed E-state index contributed by atoms with van der Waals surface area (Å²) < 4.78 is 5.35. The number of ether oxygens (including phenoxy) is 1. The van der Waals surface area contributed by atoms with Crippen LogP contribution in [-0.2, 0) is 4.74 Å². The molecule has 1 fully saturated rings. The number of hydrogen-bond acceptors (Lipinski definition) is 3. The number of nitriles is 1. The molecule has 1 amide bonds. The molecule has 1 rings (SSSR count). The lowest BCUT2D eigenvalue weighted by Crippen LogP contribution is -2.45. The highest BCUT2D eigenvalue weighted by molar-refractivity contribution is 5.67. The second kappa shape index (κ2) is 6.27. The summed E-state index contributed by atoms with van der Waals surface area (Å²) in [6, 6.07) is 2.37. The third kappa shape index (κ3) is 4.74. The van der Waals surface area contributed by atoms with Crippen LogP contribution < -0.4 is 0 Å². The summed E-state index contributed by atoms with van der Waals surface area (Å²) in [6.07, 6.45) is 0.515. The van der Waals surface area contributed by atoms with Crippen molar-refractivity contribution in [1.82, 2.24) is 4.90 Å². The first-order valence-electron chi connectivity index (χ1n) is 7.06. The van der Waals surface area contributed by atoms with Crippen molar-refractivity contribution in [2.75, 3.05) is 19.7 Å². The predicted molar refractivity (Wildman–Crippen MR) is 74.4 cm³/mol. The Morgan fingerprint density at radius 3 is 2.58 bits per heavy atom. The molecule has 0 aromatic heterocycles. The quantitative estimate of drug-likeness (QED) is 0.770. The van der Waals surface area contributed by atoms with Crippen molar-refractivity contribution < 1.29 is 9.53 Å². The number of carbonyl (C=O) groups excluding carboxylic acids is 1. The van der Waals surface area contributed by atoms with Crippen molar-refractivity contribution in [3.05, 3.63) is 0 Å². The fourth-order valence-electron chi connectivity index (χ4n) is 2.35. The first-order valence-corrected chi connectivity index (χ1v) is 7.06. The van der Waals surface area contributed by atoms with Gasteiger partial charge >= 0.3 is 6.09 Å². The molecule has 0 aromatic rings. The third-order valence-electron chi connectivity index (χ3n) is 3.57. The predicted octanol–water partition coefficient (Wildman–Crippen LogP) is 3.29. The van der Waals surface area contributed by atoms with E-state index in [0.29, 0.717) is 25.6 Å². The first kappa shape index (κ1) is 15.8. The maximum atomic E-state index is 12.0. The molecule has 4 nitrogen and oxygen atoms in total. The zero-order chi connectivity index (χ0) is 14.6. The number of hydrogen-bond donors (Lipinski definition) is 0. The smallest absolute Gasteiger partial charge is 0.409 e. The molecule has 0 aliphatic carbocycles. The standard InChI is InChI=1S/C15H26N2O2/c1-11(2)13-9-17(7-6-12(13)8-16)14(18)19-10-15(3,4)5/h11-13H,6-7,9-10H2,1-5H3. The number of carbonyl (C=O) groups is 1. The fourth-order valence-corrected chi connectivity index (χ4v) is 2.35. The van der Waals surface area contributed by atoms with E-state index in [4.69, 9.17) is 10.00 Å². The van der Waals surface area contributed by atoms with Crippen molar-refractivity contribution in [3.63, 3.8) is 0 Å². The molecule has 1 heterocycles. The SMILES string of the molecule is CC(C)C1CN(C(=O)OCC(C)(C)C)CCC1C#N. The van der Waals surface area contributed by atoms with Crippen LogP contribution in [0.5, 0.6) is 0 Å². The third-order valence-corrected chi connectivity index (χ3v) is 3.57. The number of piperidine rings is 1. The molecule has 0 N–H and O–H groups in total. The molecule has 1 aliphatic rings. The van der Waals surface area contributed by atoms with Crippen molar-refractivity contribution in [3.8, 4) is 6.07 Å². The summed E-state index contributed by atoms with van der Waals surface area (Å²) in [4.78, 5) is 13.8. The Morgan fingerprint density at radius 1 is 1.47 bits per heavy atom. The van der Waals surface area contributed by atoms with Crippen LogP contribution in [0.1, 0.15) is 41.0 Å². The molecule has 2 atom stereocenters. The Labute approximate surface area is 116 Å². The Balaban J connectivity index is 2.57. The van der Waals surface area contributed by atoms with Gasteiger partial charge in [0.15, 0.2) is 0 Å². The maximum absolute atomic E-state index is 12.0. The zero-order valence-corrected chi connectivity index (χ0v) is 12.8. The lowest BCUT2D eigenvalue weighted by Gasteiger charge is -2.37. The van der Waals surface area contributed by atoms with E-state index < -0.39 is 0 Å². The second-order valence-corrected chi connectivity index (χ2v) is 6.99. The monoisotopic (exact) mass is 266 g/mol. The van der Waals surface area contributed by atoms with Crippen molar-refractivity contribution in [2.45, 2.75) is 41.0 Å². The van der Waals surface area contributed by atoms with E-state index in [-0.39, 0.29) is 23.3 Å². The Morgan fingerprint density at radius 2 is 2.11 bits per heavy atom. The molecule has 2 unspecified atom stereocenters. The van der Waals surface area contributed by atoms with Crippen LogP contribution in [0.15, 0.2) is 0 Å². The highest BCUT2D eigenvalue weighted by Crippen LogP contribution is 2.29. The molecule has 0 aromatic carbocycles. The summed E-state index contributed by atoms with van der Waals surface area (Å²) in [6.45, 7) is 12.0. The Kier molecular flexibility index (Phi) is 5.22. The normalized spacial score (nSPS) is 24.2. The molecule has 0 radical (unpaired) electrons. The van der Waals surface area contributed by atoms with Crippen LogP contribution >= 0.6 is 0 Å². The van der Waals surface area contributed by atoms with Gasteiger partial charge < -0.3 is 9.64 Å². The molecular formula is C15H26N2O2. The molecule has 108 valence electrons. The largest absolute Gasteiger partial charge is 0.449 e. The zero-order valence-electron chi connectivity index (χ0n) is 12.8. The minimum Gasteiger partial charge on any atom is -0.449 e. The highest BCUT2D eigenvalue weighted by Gasteiger charge is 2.34. The fraction of sp³-hybridized carbons (Fsp3) is 0.867. The lowest BCUT2D eigenvalue weighted by molar-refractivity contribution is 0.0477. The van der Waals surface area contributed by atoms with Crippen molar-refractivity contribution in [2.24, 2.45) is 23.2 Å². The topological polar surface area (TPSA) is 53.3 Å². The number of amides is 1. The number of nitrogens with zero attached hydrogens (tertiary/aromatic N) is 2. The highest BCUT2D eigenvalue weighted by atomic mass is 16.6. The van der Waals surface area contributed by atoms with Gasteiger partial charge in [-0.15, -0.1) is 0 Å². The minimum absolute atomic E-state index is 0.0158. The number of rotatable bonds is 2. The van der Waals surface area contributed by atoms with Crippen molar-refractivity contribution in [1.29, 1.82) is 5.26 Å². The van der Waals surface area contributed by atoms with E-state index >= 15 is 0 Å². The van der Waals surface area contributed by atoms with Gasteiger partial charge in [0, 0.05) is 13.1 Å². The molecule has 0 spiro atoms. The van der Waals surface area contributed by atoms with Gasteiger partial charge in [0.05, 0.1) is 18.6 Å². The first-order chi connectivity index (χ1) is 8.74. The average molecular weight is 266 g/mol. The van der Waals surface area contributed by atoms with Gasteiger partial charge in [-0.2, -0.15) is 5.26 Å². The van der Waals surface area contributed by atoms with Gasteiger partial charge in [0.2, 0.25) is 0 Å². The van der Waals surface area contributed by atoms with Crippen LogP contribution in [0, 0.1) is 34.5 Å². The van der Waals surface area contributed by atoms with E-state index in [9.17, 15) is 4.79 Å². The van der Waals surface area contributed by atoms with E-state index in [1.807, 2.05) is 20.8 Å². The summed E-state index contributed by atoms with van der Waals surface area (Å²) in [7, 11) is 0. The van der Waals surface area contributed by atoms with E-state index in [2.05, 4.69) is 19.9 Å². The minimum atomic E-state index is -0.239. The van der Waals surface area contributed by atoms with Crippen LogP contribution in [0.25, 0.3) is 0 Å². The molecule has 19 heavy (non-hydrogen) atoms. The van der Waals surface area contributed by atoms with Crippen LogP contribution in [0.2, 0.25) is 0 Å². The molecule has 0 bridgehead atoms. The van der Waals surface area contributed by atoms with Gasteiger partial charge in [-0.1, -0.05) is 34.6 Å². The van der Waals surface area contributed by atoms with E-state index in [0.717, 1.165) is 6.42 Å². The Hall–Kier alpha value is -1.24. The van der Waals surface area contributed by atoms with E-state index in [1.54, 1.807) is 4.90 Å². The van der Waals surface area contributed by atoms with Gasteiger partial charge in [-0.05, 0) is 23.7 Å². The maximum Gasteiger partial charge on any atom is 0.409 e. The average Bonchev–Trinajstić information content (AvgIpc) is 2.34. The van der Waals surface area contributed by atoms with Gasteiger partial charge in [0.1, 0.15) is 0 Å². The van der Waals surface area contributed by atoms with Crippen LogP contribution in [-0.4, -0.2) is 30.7 Å². The van der Waals surface area contributed by atoms with Gasteiger partial charge in [-0.3, -0.25) is 0 Å². The van der Waals surface area contributed by atoms with E-state index in [1.165, 1.54) is 0 Å². The molecule has 1 aliphatic heterocycles. The summed E-state index contributed by atoms with van der Waals surface area (Å²) in [5.41, 5.74) is -0.0158. The molecule has 4 heteroatoms. The van der Waals surface area contributed by atoms with Crippen molar-refractivity contribution >= 4 is 6.09 Å².